The molecule has 0 radical (unpaired) electrons. The van der Waals surface area contributed by atoms with Gasteiger partial charge in [0.1, 0.15) is 0 Å². The SMILES string of the molecule is CCC(C)n1c(-c2ccccc2)ccc(CN)c1=O. The number of hydrogen-bond acceptors (Lipinski definition) is 2. The van der Waals surface area contributed by atoms with Crippen molar-refractivity contribution in [3.8, 4) is 11.3 Å². The highest BCUT2D eigenvalue weighted by molar-refractivity contribution is 5.59. The second kappa shape index (κ2) is 5.85. The molecule has 1 aromatic heterocycles. The van der Waals surface area contributed by atoms with Crippen LogP contribution in [-0.2, 0) is 6.54 Å². The van der Waals surface area contributed by atoms with Crippen molar-refractivity contribution in [2.75, 3.05) is 0 Å². The summed E-state index contributed by atoms with van der Waals surface area (Å²) in [6.07, 6.45) is 0.910. The first kappa shape index (κ1) is 13.6. The Morgan fingerprint density at radius 2 is 1.84 bits per heavy atom. The summed E-state index contributed by atoms with van der Waals surface area (Å²) in [5.74, 6) is 0. The molecule has 0 aliphatic heterocycles. The Kier molecular flexibility index (Phi) is 4.17. The molecule has 3 heteroatoms. The third kappa shape index (κ3) is 2.61. The molecule has 0 bridgehead atoms. The van der Waals surface area contributed by atoms with Gasteiger partial charge in [0.05, 0.1) is 5.69 Å². The van der Waals surface area contributed by atoms with Crippen LogP contribution in [0.25, 0.3) is 11.3 Å². The molecule has 0 saturated carbocycles. The van der Waals surface area contributed by atoms with E-state index in [2.05, 4.69) is 13.8 Å². The van der Waals surface area contributed by atoms with Gasteiger partial charge in [-0.1, -0.05) is 43.3 Å². The predicted molar refractivity (Wildman–Crippen MR) is 79.0 cm³/mol. The quantitative estimate of drug-likeness (QED) is 0.914. The third-order valence-corrected chi connectivity index (χ3v) is 3.52. The van der Waals surface area contributed by atoms with Crippen LogP contribution in [0, 0.1) is 0 Å². The molecule has 0 spiro atoms. The Labute approximate surface area is 113 Å². The highest BCUT2D eigenvalue weighted by Gasteiger charge is 2.13. The average Bonchev–Trinajstić information content (AvgIpc) is 2.47. The zero-order valence-electron chi connectivity index (χ0n) is 11.5. The van der Waals surface area contributed by atoms with Crippen molar-refractivity contribution in [1.29, 1.82) is 0 Å². The van der Waals surface area contributed by atoms with Crippen molar-refractivity contribution >= 4 is 0 Å². The van der Waals surface area contributed by atoms with E-state index in [0.29, 0.717) is 5.56 Å². The molecular weight excluding hydrogens is 236 g/mol. The predicted octanol–water partition coefficient (Wildman–Crippen LogP) is 2.95. The van der Waals surface area contributed by atoms with E-state index in [0.717, 1.165) is 17.7 Å². The van der Waals surface area contributed by atoms with E-state index in [1.807, 2.05) is 47.0 Å². The van der Waals surface area contributed by atoms with Crippen LogP contribution < -0.4 is 11.3 Å². The highest BCUT2D eigenvalue weighted by Crippen LogP contribution is 2.22. The van der Waals surface area contributed by atoms with Crippen LogP contribution in [0.1, 0.15) is 31.9 Å². The monoisotopic (exact) mass is 256 g/mol. The lowest BCUT2D eigenvalue weighted by atomic mass is 10.1. The number of rotatable bonds is 4. The van der Waals surface area contributed by atoms with Crippen LogP contribution in [0.5, 0.6) is 0 Å². The van der Waals surface area contributed by atoms with Gasteiger partial charge in [0.25, 0.3) is 5.56 Å². The summed E-state index contributed by atoms with van der Waals surface area (Å²) in [5, 5.41) is 0. The first-order chi connectivity index (χ1) is 9.19. The van der Waals surface area contributed by atoms with Crippen molar-refractivity contribution in [3.05, 3.63) is 58.4 Å². The Morgan fingerprint density at radius 1 is 1.16 bits per heavy atom. The molecule has 1 unspecified atom stereocenters. The highest BCUT2D eigenvalue weighted by atomic mass is 16.1. The van der Waals surface area contributed by atoms with Gasteiger partial charge in [-0.15, -0.1) is 0 Å². The van der Waals surface area contributed by atoms with E-state index in [9.17, 15) is 4.79 Å². The molecular formula is C16H20N2O. The van der Waals surface area contributed by atoms with Crippen LogP contribution in [-0.4, -0.2) is 4.57 Å². The minimum atomic E-state index is 0.0261. The largest absolute Gasteiger partial charge is 0.326 e. The van der Waals surface area contributed by atoms with Gasteiger partial charge in [0, 0.05) is 18.2 Å². The molecule has 2 rings (SSSR count). The molecule has 1 atom stereocenters. The van der Waals surface area contributed by atoms with Crippen molar-refractivity contribution < 1.29 is 0 Å². The van der Waals surface area contributed by atoms with Crippen molar-refractivity contribution in [1.82, 2.24) is 4.57 Å². The summed E-state index contributed by atoms with van der Waals surface area (Å²) in [4.78, 5) is 12.5. The van der Waals surface area contributed by atoms with Gasteiger partial charge in [-0.05, 0) is 25.0 Å². The Balaban J connectivity index is 2.68. The molecule has 3 nitrogen and oxygen atoms in total. The molecule has 1 heterocycles. The number of benzene rings is 1. The molecule has 1 aromatic carbocycles. The fraction of sp³-hybridized carbons (Fsp3) is 0.312. The van der Waals surface area contributed by atoms with Crippen LogP contribution in [0.4, 0.5) is 0 Å². The van der Waals surface area contributed by atoms with Gasteiger partial charge in [-0.2, -0.15) is 0 Å². The summed E-state index contributed by atoms with van der Waals surface area (Å²) in [5.41, 5.74) is 8.34. The van der Waals surface area contributed by atoms with Gasteiger partial charge in [-0.25, -0.2) is 0 Å². The Bertz CT molecular complexity index is 602. The number of pyridine rings is 1. The van der Waals surface area contributed by atoms with Gasteiger partial charge in [0.2, 0.25) is 0 Å². The maximum absolute atomic E-state index is 12.5. The molecule has 0 aliphatic carbocycles. The molecule has 100 valence electrons. The number of nitrogens with zero attached hydrogens (tertiary/aromatic N) is 1. The van der Waals surface area contributed by atoms with Gasteiger partial charge >= 0.3 is 0 Å². The van der Waals surface area contributed by atoms with Crippen LogP contribution in [0.2, 0.25) is 0 Å². The molecule has 19 heavy (non-hydrogen) atoms. The standard InChI is InChI=1S/C16H20N2O/c1-3-12(2)18-15(13-7-5-4-6-8-13)10-9-14(11-17)16(18)19/h4-10,12H,3,11,17H2,1-2H3. The zero-order chi connectivity index (χ0) is 13.8. The average molecular weight is 256 g/mol. The zero-order valence-corrected chi connectivity index (χ0v) is 11.5. The van der Waals surface area contributed by atoms with Crippen LogP contribution in [0.3, 0.4) is 0 Å². The van der Waals surface area contributed by atoms with Gasteiger partial charge < -0.3 is 10.3 Å². The lowest BCUT2D eigenvalue weighted by molar-refractivity contribution is 0.516. The van der Waals surface area contributed by atoms with Gasteiger partial charge in [0.15, 0.2) is 0 Å². The first-order valence-electron chi connectivity index (χ1n) is 6.69. The maximum atomic E-state index is 12.5. The molecule has 0 amide bonds. The molecule has 0 fully saturated rings. The van der Waals surface area contributed by atoms with E-state index in [1.165, 1.54) is 0 Å². The van der Waals surface area contributed by atoms with Gasteiger partial charge in [-0.3, -0.25) is 4.79 Å². The fourth-order valence-corrected chi connectivity index (χ4v) is 2.21. The van der Waals surface area contributed by atoms with E-state index in [-0.39, 0.29) is 18.1 Å². The second-order valence-electron chi connectivity index (χ2n) is 4.75. The minimum absolute atomic E-state index is 0.0261. The normalized spacial score (nSPS) is 12.4. The maximum Gasteiger partial charge on any atom is 0.255 e. The molecule has 2 aromatic rings. The van der Waals surface area contributed by atoms with E-state index < -0.39 is 0 Å². The number of aromatic nitrogens is 1. The minimum Gasteiger partial charge on any atom is -0.326 e. The Morgan fingerprint density at radius 3 is 2.42 bits per heavy atom. The Hall–Kier alpha value is -1.87. The summed E-state index contributed by atoms with van der Waals surface area (Å²) in [6, 6.07) is 14.0. The summed E-state index contributed by atoms with van der Waals surface area (Å²) in [7, 11) is 0. The van der Waals surface area contributed by atoms with E-state index in [4.69, 9.17) is 5.73 Å². The second-order valence-corrected chi connectivity index (χ2v) is 4.75. The van der Waals surface area contributed by atoms with E-state index in [1.54, 1.807) is 0 Å². The van der Waals surface area contributed by atoms with Crippen molar-refractivity contribution in [2.45, 2.75) is 32.9 Å². The fourth-order valence-electron chi connectivity index (χ4n) is 2.21. The summed E-state index contributed by atoms with van der Waals surface area (Å²) >= 11 is 0. The lowest BCUT2D eigenvalue weighted by Gasteiger charge is -2.19. The molecule has 0 aliphatic rings. The summed E-state index contributed by atoms with van der Waals surface area (Å²) in [6.45, 7) is 4.43. The third-order valence-electron chi connectivity index (χ3n) is 3.52. The van der Waals surface area contributed by atoms with E-state index >= 15 is 0 Å². The first-order valence-corrected chi connectivity index (χ1v) is 6.69. The topological polar surface area (TPSA) is 48.0 Å². The van der Waals surface area contributed by atoms with Crippen molar-refractivity contribution in [3.63, 3.8) is 0 Å². The molecule has 0 saturated heterocycles. The number of nitrogens with two attached hydrogens (primary N) is 1. The molecule has 2 N–H and O–H groups in total. The summed E-state index contributed by atoms with van der Waals surface area (Å²) < 4.78 is 1.86. The van der Waals surface area contributed by atoms with Crippen LogP contribution >= 0.6 is 0 Å². The van der Waals surface area contributed by atoms with Crippen LogP contribution in [0.15, 0.2) is 47.3 Å². The lowest BCUT2D eigenvalue weighted by Crippen LogP contribution is -2.28. The smallest absolute Gasteiger partial charge is 0.255 e. The number of hydrogen-bond donors (Lipinski definition) is 1. The van der Waals surface area contributed by atoms with Crippen molar-refractivity contribution in [2.24, 2.45) is 5.73 Å².